The molecule has 1 aromatic heterocycles. The molecule has 4 nitrogen and oxygen atoms in total. The summed E-state index contributed by atoms with van der Waals surface area (Å²) in [5.41, 5.74) is 1.03. The van der Waals surface area contributed by atoms with Gasteiger partial charge in [0, 0.05) is 22.7 Å². The zero-order valence-electron chi connectivity index (χ0n) is 9.02. The van der Waals surface area contributed by atoms with Gasteiger partial charge in [-0.05, 0) is 25.1 Å². The van der Waals surface area contributed by atoms with Gasteiger partial charge >= 0.3 is 5.97 Å². The number of ether oxygens (including phenoxy) is 1. The number of hydrogen-bond donors (Lipinski definition) is 1. The number of carboxylic acids is 1. The molecule has 0 spiro atoms. The van der Waals surface area contributed by atoms with E-state index in [-0.39, 0.29) is 5.56 Å². The topological polar surface area (TPSA) is 59.4 Å². The summed E-state index contributed by atoms with van der Waals surface area (Å²) < 4.78 is 5.21. The predicted octanol–water partition coefficient (Wildman–Crippen LogP) is 2.25. The number of nitrogens with zero attached hydrogens (tertiary/aromatic N) is 1. The normalized spacial score (nSPS) is 10.4. The SMILES string of the molecule is COc1ccc(C(=O)O)c2ccnc(C)c12. The Balaban J connectivity index is 2.91. The van der Waals surface area contributed by atoms with Crippen LogP contribution in [-0.2, 0) is 0 Å². The number of hydrogen-bond acceptors (Lipinski definition) is 3. The van der Waals surface area contributed by atoms with E-state index in [1.807, 2.05) is 6.92 Å². The van der Waals surface area contributed by atoms with Crippen molar-refractivity contribution < 1.29 is 14.6 Å². The number of fused-ring (bicyclic) bond motifs is 1. The Kier molecular flexibility index (Phi) is 2.48. The van der Waals surface area contributed by atoms with Gasteiger partial charge in [0.15, 0.2) is 0 Å². The second-order valence-corrected chi connectivity index (χ2v) is 3.44. The Hall–Kier alpha value is -2.10. The lowest BCUT2D eigenvalue weighted by molar-refractivity contribution is 0.0699. The maximum atomic E-state index is 11.1. The van der Waals surface area contributed by atoms with Crippen molar-refractivity contribution in [1.29, 1.82) is 0 Å². The largest absolute Gasteiger partial charge is 0.496 e. The molecule has 0 aliphatic carbocycles. The van der Waals surface area contributed by atoms with Crippen molar-refractivity contribution in [3.8, 4) is 5.75 Å². The minimum Gasteiger partial charge on any atom is -0.496 e. The summed E-state index contributed by atoms with van der Waals surface area (Å²) >= 11 is 0. The number of pyridine rings is 1. The van der Waals surface area contributed by atoms with Gasteiger partial charge in [-0.25, -0.2) is 4.79 Å². The highest BCUT2D eigenvalue weighted by Gasteiger charge is 2.13. The Morgan fingerprint density at radius 2 is 2.12 bits per heavy atom. The lowest BCUT2D eigenvalue weighted by atomic mass is 10.0. The van der Waals surface area contributed by atoms with Crippen LogP contribution in [0, 0.1) is 6.92 Å². The van der Waals surface area contributed by atoms with Gasteiger partial charge in [-0.3, -0.25) is 4.98 Å². The standard InChI is InChI=1S/C12H11NO3/c1-7-11-8(5-6-13-7)9(12(14)15)3-4-10(11)16-2/h3-6H,1-2H3,(H,14,15). The molecule has 82 valence electrons. The van der Waals surface area contributed by atoms with Gasteiger partial charge in [0.2, 0.25) is 0 Å². The second kappa shape index (κ2) is 3.81. The van der Waals surface area contributed by atoms with Crippen LogP contribution in [0.25, 0.3) is 10.8 Å². The molecule has 0 atom stereocenters. The van der Waals surface area contributed by atoms with Crippen molar-refractivity contribution >= 4 is 16.7 Å². The molecule has 4 heteroatoms. The molecule has 16 heavy (non-hydrogen) atoms. The third kappa shape index (κ3) is 1.48. The Morgan fingerprint density at radius 1 is 1.38 bits per heavy atom. The molecule has 0 saturated heterocycles. The first kappa shape index (κ1) is 10.4. The van der Waals surface area contributed by atoms with Crippen LogP contribution >= 0.6 is 0 Å². The highest BCUT2D eigenvalue weighted by molar-refractivity contribution is 6.06. The average molecular weight is 217 g/mol. The molecule has 2 aromatic rings. The maximum absolute atomic E-state index is 11.1. The fourth-order valence-corrected chi connectivity index (χ4v) is 1.79. The lowest BCUT2D eigenvalue weighted by Crippen LogP contribution is -2.00. The summed E-state index contributed by atoms with van der Waals surface area (Å²) in [4.78, 5) is 15.2. The van der Waals surface area contributed by atoms with E-state index in [0.29, 0.717) is 11.1 Å². The van der Waals surface area contributed by atoms with E-state index in [1.165, 1.54) is 0 Å². The van der Waals surface area contributed by atoms with E-state index in [1.54, 1.807) is 31.5 Å². The molecule has 0 aliphatic rings. The van der Waals surface area contributed by atoms with Crippen LogP contribution in [-0.4, -0.2) is 23.2 Å². The number of carboxylic acid groups (broad SMARTS) is 1. The van der Waals surface area contributed by atoms with Crippen molar-refractivity contribution in [2.45, 2.75) is 6.92 Å². The van der Waals surface area contributed by atoms with E-state index < -0.39 is 5.97 Å². The fourth-order valence-electron chi connectivity index (χ4n) is 1.79. The Bertz CT molecular complexity index is 563. The smallest absolute Gasteiger partial charge is 0.336 e. The summed E-state index contributed by atoms with van der Waals surface area (Å²) in [5.74, 6) is -0.302. The molecular formula is C12H11NO3. The fraction of sp³-hybridized carbons (Fsp3) is 0.167. The molecule has 1 heterocycles. The molecule has 1 N–H and O–H groups in total. The van der Waals surface area contributed by atoms with E-state index in [4.69, 9.17) is 9.84 Å². The van der Waals surface area contributed by atoms with Gasteiger partial charge in [0.05, 0.1) is 12.7 Å². The first-order valence-corrected chi connectivity index (χ1v) is 4.80. The highest BCUT2D eigenvalue weighted by atomic mass is 16.5. The van der Waals surface area contributed by atoms with Crippen molar-refractivity contribution in [2.75, 3.05) is 7.11 Å². The third-order valence-corrected chi connectivity index (χ3v) is 2.53. The lowest BCUT2D eigenvalue weighted by Gasteiger charge is -2.09. The number of aromatic nitrogens is 1. The van der Waals surface area contributed by atoms with Crippen molar-refractivity contribution in [2.24, 2.45) is 0 Å². The van der Waals surface area contributed by atoms with Gasteiger partial charge in [-0.15, -0.1) is 0 Å². The van der Waals surface area contributed by atoms with Gasteiger partial charge in [-0.2, -0.15) is 0 Å². The minimum absolute atomic E-state index is 0.265. The quantitative estimate of drug-likeness (QED) is 0.838. The van der Waals surface area contributed by atoms with Crippen LogP contribution in [0.3, 0.4) is 0 Å². The number of aromatic carboxylic acids is 1. The zero-order chi connectivity index (χ0) is 11.7. The molecule has 0 fully saturated rings. The van der Waals surface area contributed by atoms with Crippen LogP contribution in [0.2, 0.25) is 0 Å². The van der Waals surface area contributed by atoms with E-state index in [9.17, 15) is 4.79 Å². The molecule has 0 bridgehead atoms. The van der Waals surface area contributed by atoms with Gasteiger partial charge < -0.3 is 9.84 Å². The highest BCUT2D eigenvalue weighted by Crippen LogP contribution is 2.30. The predicted molar refractivity (Wildman–Crippen MR) is 60.0 cm³/mol. The molecule has 2 rings (SSSR count). The third-order valence-electron chi connectivity index (χ3n) is 2.53. The Labute approximate surface area is 92.5 Å². The first-order chi connectivity index (χ1) is 7.65. The molecule has 0 unspecified atom stereocenters. The summed E-state index contributed by atoms with van der Waals surface area (Å²) in [5, 5.41) is 10.5. The second-order valence-electron chi connectivity index (χ2n) is 3.44. The maximum Gasteiger partial charge on any atom is 0.336 e. The summed E-state index contributed by atoms with van der Waals surface area (Å²) in [6, 6.07) is 4.89. The van der Waals surface area contributed by atoms with Crippen LogP contribution in [0.5, 0.6) is 5.75 Å². The van der Waals surface area contributed by atoms with Crippen molar-refractivity contribution in [3.05, 3.63) is 35.7 Å². The number of methoxy groups -OCH3 is 1. The van der Waals surface area contributed by atoms with E-state index in [2.05, 4.69) is 4.98 Å². The summed E-state index contributed by atoms with van der Waals surface area (Å²) in [6.07, 6.45) is 1.60. The van der Waals surface area contributed by atoms with Gasteiger partial charge in [0.1, 0.15) is 5.75 Å². The molecule has 0 radical (unpaired) electrons. The van der Waals surface area contributed by atoms with Crippen molar-refractivity contribution in [3.63, 3.8) is 0 Å². The van der Waals surface area contributed by atoms with E-state index >= 15 is 0 Å². The van der Waals surface area contributed by atoms with Gasteiger partial charge in [-0.1, -0.05) is 0 Å². The Morgan fingerprint density at radius 3 is 2.75 bits per heavy atom. The van der Waals surface area contributed by atoms with Crippen LogP contribution < -0.4 is 4.74 Å². The summed E-state index contributed by atoms with van der Waals surface area (Å²) in [7, 11) is 1.56. The van der Waals surface area contributed by atoms with Crippen molar-refractivity contribution in [1.82, 2.24) is 4.98 Å². The number of aryl methyl sites for hydroxylation is 1. The molecule has 1 aromatic carbocycles. The average Bonchev–Trinajstić information content (AvgIpc) is 2.27. The van der Waals surface area contributed by atoms with Gasteiger partial charge in [0.25, 0.3) is 0 Å². The molecule has 0 saturated carbocycles. The first-order valence-electron chi connectivity index (χ1n) is 4.80. The molecular weight excluding hydrogens is 206 g/mol. The number of benzene rings is 1. The van der Waals surface area contributed by atoms with Crippen LogP contribution in [0.15, 0.2) is 24.4 Å². The van der Waals surface area contributed by atoms with E-state index in [0.717, 1.165) is 11.1 Å². The molecule has 0 amide bonds. The monoisotopic (exact) mass is 217 g/mol. The minimum atomic E-state index is -0.946. The van der Waals surface area contributed by atoms with Crippen LogP contribution in [0.1, 0.15) is 16.1 Å². The number of carbonyl (C=O) groups is 1. The summed E-state index contributed by atoms with van der Waals surface area (Å²) in [6.45, 7) is 1.83. The zero-order valence-corrected chi connectivity index (χ0v) is 9.02. The number of rotatable bonds is 2. The van der Waals surface area contributed by atoms with Crippen LogP contribution in [0.4, 0.5) is 0 Å². The molecule has 0 aliphatic heterocycles.